The zero-order valence-electron chi connectivity index (χ0n) is 10.6. The third kappa shape index (κ3) is 2.72. The molecule has 0 atom stereocenters. The molecule has 0 aliphatic heterocycles. The lowest BCUT2D eigenvalue weighted by Crippen LogP contribution is -2.20. The highest BCUT2D eigenvalue weighted by molar-refractivity contribution is 7.08. The number of hydrogen-bond acceptors (Lipinski definition) is 6. The lowest BCUT2D eigenvalue weighted by Gasteiger charge is -1.99. The summed E-state index contributed by atoms with van der Waals surface area (Å²) in [6.07, 6.45) is 0. The molecule has 0 aromatic carbocycles. The van der Waals surface area contributed by atoms with Crippen LogP contribution in [-0.4, -0.2) is 36.3 Å². The lowest BCUT2D eigenvalue weighted by atomic mass is 10.3. The molecule has 3 aromatic heterocycles. The number of nitrogens with zero attached hydrogens (tertiary/aromatic N) is 5. The molecule has 0 aliphatic carbocycles. The fourth-order valence-corrected chi connectivity index (χ4v) is 2.24. The topological polar surface area (TPSA) is 101 Å². The van der Waals surface area contributed by atoms with Crippen molar-refractivity contribution in [2.45, 2.75) is 13.5 Å². The minimum absolute atomic E-state index is 0.0109. The fourth-order valence-electron chi connectivity index (χ4n) is 1.61. The van der Waals surface area contributed by atoms with E-state index in [9.17, 15) is 4.79 Å². The van der Waals surface area contributed by atoms with Gasteiger partial charge in [-0.15, -0.1) is 10.2 Å². The van der Waals surface area contributed by atoms with Gasteiger partial charge in [-0.3, -0.25) is 9.89 Å². The predicted octanol–water partition coefficient (Wildman–Crippen LogP) is 1.07. The van der Waals surface area contributed by atoms with E-state index in [1.165, 1.54) is 4.80 Å². The van der Waals surface area contributed by atoms with E-state index in [1.54, 1.807) is 17.4 Å². The van der Waals surface area contributed by atoms with Gasteiger partial charge in [0.25, 0.3) is 0 Å². The molecule has 9 heteroatoms. The van der Waals surface area contributed by atoms with Crippen molar-refractivity contribution >= 4 is 23.1 Å². The minimum Gasteiger partial charge on any atom is -0.308 e. The van der Waals surface area contributed by atoms with Crippen LogP contribution in [0.25, 0.3) is 11.4 Å². The van der Waals surface area contributed by atoms with Crippen molar-refractivity contribution in [3.05, 3.63) is 28.6 Å². The van der Waals surface area contributed by atoms with Crippen molar-refractivity contribution in [2.75, 3.05) is 5.32 Å². The number of H-pyrrole nitrogens is 1. The Morgan fingerprint density at radius 2 is 2.45 bits per heavy atom. The maximum atomic E-state index is 11.8. The third-order valence-corrected chi connectivity index (χ3v) is 3.17. The van der Waals surface area contributed by atoms with Crippen molar-refractivity contribution in [2.24, 2.45) is 0 Å². The summed E-state index contributed by atoms with van der Waals surface area (Å²) in [6, 6.07) is 3.64. The Morgan fingerprint density at radius 1 is 1.55 bits per heavy atom. The zero-order valence-corrected chi connectivity index (χ0v) is 11.4. The maximum absolute atomic E-state index is 11.8. The molecule has 0 unspecified atom stereocenters. The number of nitrogens with one attached hydrogen (secondary N) is 2. The lowest BCUT2D eigenvalue weighted by molar-refractivity contribution is -0.117. The summed E-state index contributed by atoms with van der Waals surface area (Å²) in [4.78, 5) is 13.0. The Hall–Kier alpha value is -2.55. The van der Waals surface area contributed by atoms with Gasteiger partial charge in [0.1, 0.15) is 6.54 Å². The van der Waals surface area contributed by atoms with Crippen molar-refractivity contribution in [3.63, 3.8) is 0 Å². The third-order valence-electron chi connectivity index (χ3n) is 2.49. The molecule has 0 bridgehead atoms. The Labute approximate surface area is 117 Å². The highest BCUT2D eigenvalue weighted by Gasteiger charge is 2.10. The summed E-state index contributed by atoms with van der Waals surface area (Å²) in [5, 5.41) is 25.1. The molecule has 3 rings (SSSR count). The second-order valence-corrected chi connectivity index (χ2v) is 4.92. The highest BCUT2D eigenvalue weighted by Crippen LogP contribution is 2.16. The molecular weight excluding hydrogens is 278 g/mol. The molecule has 20 heavy (non-hydrogen) atoms. The zero-order chi connectivity index (χ0) is 13.9. The van der Waals surface area contributed by atoms with Crippen molar-refractivity contribution in [1.82, 2.24) is 30.4 Å². The number of aryl methyl sites for hydroxylation is 1. The first kappa shape index (κ1) is 12.5. The molecule has 0 saturated carbocycles. The number of rotatable bonds is 4. The molecule has 0 fully saturated rings. The Bertz CT molecular complexity index is 715. The predicted molar refractivity (Wildman–Crippen MR) is 73.1 cm³/mol. The van der Waals surface area contributed by atoms with Crippen LogP contribution in [0.5, 0.6) is 0 Å². The molecule has 8 nitrogen and oxygen atoms in total. The van der Waals surface area contributed by atoms with Gasteiger partial charge >= 0.3 is 0 Å². The minimum atomic E-state index is -0.259. The molecule has 102 valence electrons. The average Bonchev–Trinajstić information content (AvgIpc) is 3.10. The first-order chi connectivity index (χ1) is 9.70. The second kappa shape index (κ2) is 5.21. The summed E-state index contributed by atoms with van der Waals surface area (Å²) >= 11 is 1.55. The van der Waals surface area contributed by atoms with Crippen LogP contribution in [-0.2, 0) is 11.3 Å². The number of aromatic amines is 1. The van der Waals surface area contributed by atoms with Gasteiger partial charge in [0.05, 0.1) is 0 Å². The molecule has 0 saturated heterocycles. The van der Waals surface area contributed by atoms with Crippen LogP contribution in [0, 0.1) is 6.92 Å². The van der Waals surface area contributed by atoms with Crippen molar-refractivity contribution in [1.29, 1.82) is 0 Å². The van der Waals surface area contributed by atoms with Gasteiger partial charge in [0, 0.05) is 22.7 Å². The van der Waals surface area contributed by atoms with Crippen LogP contribution in [0.15, 0.2) is 22.9 Å². The molecule has 2 N–H and O–H groups in total. The largest absolute Gasteiger partial charge is 0.308 e. The highest BCUT2D eigenvalue weighted by atomic mass is 32.1. The number of carbonyl (C=O) groups is 1. The Kier molecular flexibility index (Phi) is 3.25. The molecule has 0 spiro atoms. The van der Waals surface area contributed by atoms with Crippen LogP contribution >= 0.6 is 11.3 Å². The van der Waals surface area contributed by atoms with E-state index in [1.807, 2.05) is 23.8 Å². The molecule has 3 heterocycles. The summed E-state index contributed by atoms with van der Waals surface area (Å²) in [7, 11) is 0. The van der Waals surface area contributed by atoms with E-state index >= 15 is 0 Å². The SMILES string of the molecule is Cc1cc(NC(=O)Cn2nnc(-c3ccsc3)n2)n[nH]1. The number of anilines is 1. The number of amides is 1. The number of thiophene rings is 1. The summed E-state index contributed by atoms with van der Waals surface area (Å²) in [6.45, 7) is 1.85. The van der Waals surface area contributed by atoms with Crippen molar-refractivity contribution < 1.29 is 4.79 Å². The smallest absolute Gasteiger partial charge is 0.249 e. The fraction of sp³-hybridized carbons (Fsp3) is 0.182. The van der Waals surface area contributed by atoms with Crippen LogP contribution in [0.4, 0.5) is 5.82 Å². The van der Waals surface area contributed by atoms with E-state index in [2.05, 4.69) is 30.9 Å². The Balaban J connectivity index is 1.64. The normalized spacial score (nSPS) is 10.7. The van der Waals surface area contributed by atoms with Crippen LogP contribution in [0.2, 0.25) is 0 Å². The van der Waals surface area contributed by atoms with Gasteiger partial charge in [-0.05, 0) is 23.6 Å². The molecule has 3 aromatic rings. The van der Waals surface area contributed by atoms with Gasteiger partial charge in [0.15, 0.2) is 5.82 Å². The Morgan fingerprint density at radius 3 is 3.15 bits per heavy atom. The number of carbonyl (C=O) groups excluding carboxylic acids is 1. The number of aromatic nitrogens is 6. The first-order valence-corrected chi connectivity index (χ1v) is 6.77. The molecule has 0 radical (unpaired) electrons. The van der Waals surface area contributed by atoms with E-state index in [4.69, 9.17) is 0 Å². The van der Waals surface area contributed by atoms with E-state index in [0.717, 1.165) is 11.3 Å². The van der Waals surface area contributed by atoms with Gasteiger partial charge in [-0.1, -0.05) is 0 Å². The van der Waals surface area contributed by atoms with Gasteiger partial charge in [-0.2, -0.15) is 21.2 Å². The van der Waals surface area contributed by atoms with Crippen LogP contribution < -0.4 is 5.32 Å². The quantitative estimate of drug-likeness (QED) is 0.748. The average molecular weight is 289 g/mol. The number of hydrogen-bond donors (Lipinski definition) is 2. The summed E-state index contributed by atoms with van der Waals surface area (Å²) in [5.41, 5.74) is 1.77. The van der Waals surface area contributed by atoms with Crippen LogP contribution in [0.1, 0.15) is 5.69 Å². The maximum Gasteiger partial charge on any atom is 0.249 e. The molecule has 0 aliphatic rings. The van der Waals surface area contributed by atoms with E-state index in [-0.39, 0.29) is 12.5 Å². The van der Waals surface area contributed by atoms with Crippen LogP contribution in [0.3, 0.4) is 0 Å². The summed E-state index contributed by atoms with van der Waals surface area (Å²) < 4.78 is 0. The van der Waals surface area contributed by atoms with Crippen molar-refractivity contribution in [3.8, 4) is 11.4 Å². The number of tetrazole rings is 1. The van der Waals surface area contributed by atoms with E-state index < -0.39 is 0 Å². The van der Waals surface area contributed by atoms with Gasteiger partial charge in [-0.25, -0.2) is 0 Å². The second-order valence-electron chi connectivity index (χ2n) is 4.14. The van der Waals surface area contributed by atoms with Gasteiger partial charge in [0.2, 0.25) is 11.7 Å². The summed E-state index contributed by atoms with van der Waals surface area (Å²) in [5.74, 6) is 0.728. The molecule has 1 amide bonds. The monoisotopic (exact) mass is 289 g/mol. The van der Waals surface area contributed by atoms with Gasteiger partial charge < -0.3 is 5.32 Å². The first-order valence-electron chi connectivity index (χ1n) is 5.83. The molecular formula is C11H11N7OS. The van der Waals surface area contributed by atoms with E-state index in [0.29, 0.717) is 11.6 Å². The standard InChI is InChI=1S/C11H11N7OS/c1-7-4-9(14-13-7)12-10(19)5-18-16-11(15-17-18)8-2-3-20-6-8/h2-4,6H,5H2,1H3,(H2,12,13,14,19).